The maximum atomic E-state index is 12.4. The highest BCUT2D eigenvalue weighted by Gasteiger charge is 2.27. The highest BCUT2D eigenvalue weighted by molar-refractivity contribution is 7.08. The van der Waals surface area contributed by atoms with Crippen LogP contribution < -0.4 is 5.32 Å². The minimum absolute atomic E-state index is 0.0407. The molecule has 1 saturated heterocycles. The number of aryl methyl sites for hydroxylation is 1. The van der Waals surface area contributed by atoms with Crippen LogP contribution in [0.3, 0.4) is 0 Å². The van der Waals surface area contributed by atoms with Gasteiger partial charge in [0.1, 0.15) is 4.88 Å². The Morgan fingerprint density at radius 3 is 2.61 bits per heavy atom. The molecule has 1 amide bonds. The maximum Gasteiger partial charge on any atom is 0.265 e. The Morgan fingerprint density at radius 1 is 1.30 bits per heavy atom. The van der Waals surface area contributed by atoms with Crippen LogP contribution >= 0.6 is 11.5 Å². The van der Waals surface area contributed by atoms with Crippen molar-refractivity contribution in [2.45, 2.75) is 46.1 Å². The second-order valence-corrected chi connectivity index (χ2v) is 6.66. The molecule has 1 aromatic heterocycles. The van der Waals surface area contributed by atoms with Gasteiger partial charge in [-0.15, -0.1) is 5.10 Å². The third kappa shape index (κ3) is 4.71. The van der Waals surface area contributed by atoms with E-state index in [4.69, 9.17) is 4.74 Å². The molecule has 1 fully saturated rings. The van der Waals surface area contributed by atoms with Gasteiger partial charge in [-0.25, -0.2) is 0 Å². The van der Waals surface area contributed by atoms with E-state index in [9.17, 15) is 4.79 Å². The summed E-state index contributed by atoms with van der Waals surface area (Å²) in [6.45, 7) is 10.6. The van der Waals surface area contributed by atoms with Gasteiger partial charge in [-0.05, 0) is 23.9 Å². The number of carbonyl (C=O) groups is 1. The molecule has 1 aliphatic rings. The topological polar surface area (TPSA) is 67.4 Å². The van der Waals surface area contributed by atoms with Crippen LogP contribution in [0.5, 0.6) is 0 Å². The lowest BCUT2D eigenvalue weighted by Gasteiger charge is -2.38. The lowest BCUT2D eigenvalue weighted by atomic mass is 9.92. The fourth-order valence-corrected chi connectivity index (χ4v) is 3.89. The third-order valence-corrected chi connectivity index (χ3v) is 5.44. The Bertz CT molecular complexity index is 484. The number of ether oxygens (including phenoxy) is 1. The summed E-state index contributed by atoms with van der Waals surface area (Å²) in [7, 11) is 0. The van der Waals surface area contributed by atoms with Gasteiger partial charge in [-0.3, -0.25) is 9.69 Å². The number of morpholine rings is 1. The largest absolute Gasteiger partial charge is 0.379 e. The van der Waals surface area contributed by atoms with Crippen LogP contribution in [-0.2, 0) is 11.2 Å². The van der Waals surface area contributed by atoms with Crippen molar-refractivity contribution in [2.24, 2.45) is 5.92 Å². The lowest BCUT2D eigenvalue weighted by molar-refractivity contribution is 0.00192. The molecule has 1 atom stereocenters. The molecule has 130 valence electrons. The van der Waals surface area contributed by atoms with E-state index in [2.05, 4.69) is 33.7 Å². The number of hydrogen-bond donors (Lipinski definition) is 1. The summed E-state index contributed by atoms with van der Waals surface area (Å²) in [6.07, 6.45) is 2.98. The molecule has 0 saturated carbocycles. The van der Waals surface area contributed by atoms with Crippen molar-refractivity contribution < 1.29 is 9.53 Å². The fraction of sp³-hybridized carbons (Fsp3) is 0.812. The Labute approximate surface area is 142 Å². The van der Waals surface area contributed by atoms with Gasteiger partial charge >= 0.3 is 0 Å². The Hall–Kier alpha value is -1.05. The van der Waals surface area contributed by atoms with Crippen LogP contribution in [0.1, 0.15) is 49.0 Å². The third-order valence-electron chi connectivity index (χ3n) is 4.68. The molecule has 0 radical (unpaired) electrons. The van der Waals surface area contributed by atoms with Crippen molar-refractivity contribution >= 4 is 17.4 Å². The van der Waals surface area contributed by atoms with E-state index in [0.717, 1.165) is 51.3 Å². The molecule has 0 bridgehead atoms. The molecule has 6 nitrogen and oxygen atoms in total. The summed E-state index contributed by atoms with van der Waals surface area (Å²) in [6, 6.07) is 0.365. The lowest BCUT2D eigenvalue weighted by Crippen LogP contribution is -2.52. The first-order chi connectivity index (χ1) is 11.2. The molecule has 0 spiro atoms. The van der Waals surface area contributed by atoms with E-state index in [1.807, 2.05) is 6.92 Å². The van der Waals surface area contributed by atoms with Gasteiger partial charge in [0.25, 0.3) is 5.91 Å². The van der Waals surface area contributed by atoms with E-state index in [-0.39, 0.29) is 5.91 Å². The quantitative estimate of drug-likeness (QED) is 0.784. The molecule has 7 heteroatoms. The molecule has 2 heterocycles. The minimum Gasteiger partial charge on any atom is -0.379 e. The van der Waals surface area contributed by atoms with Crippen LogP contribution in [0.25, 0.3) is 0 Å². The zero-order valence-electron chi connectivity index (χ0n) is 14.4. The zero-order valence-corrected chi connectivity index (χ0v) is 15.2. The van der Waals surface area contributed by atoms with Gasteiger partial charge in [-0.2, -0.15) is 0 Å². The van der Waals surface area contributed by atoms with Gasteiger partial charge in [0.05, 0.1) is 18.9 Å². The summed E-state index contributed by atoms with van der Waals surface area (Å²) in [5, 5.41) is 7.14. The van der Waals surface area contributed by atoms with Crippen molar-refractivity contribution in [3.63, 3.8) is 0 Å². The highest BCUT2D eigenvalue weighted by atomic mass is 32.1. The molecule has 0 aromatic carbocycles. The molecule has 1 N–H and O–H groups in total. The summed E-state index contributed by atoms with van der Waals surface area (Å²) >= 11 is 1.18. The van der Waals surface area contributed by atoms with Crippen molar-refractivity contribution in [3.05, 3.63) is 10.6 Å². The van der Waals surface area contributed by atoms with Gasteiger partial charge in [0.2, 0.25) is 0 Å². The summed E-state index contributed by atoms with van der Waals surface area (Å²) in [5.74, 6) is 0.541. The average molecular weight is 340 g/mol. The monoisotopic (exact) mass is 340 g/mol. The number of carbonyl (C=O) groups excluding carboxylic acids is 1. The van der Waals surface area contributed by atoms with Crippen LogP contribution in [0.15, 0.2) is 0 Å². The molecule has 1 unspecified atom stereocenters. The Balaban J connectivity index is 2.00. The first-order valence-corrected chi connectivity index (χ1v) is 9.39. The van der Waals surface area contributed by atoms with Crippen LogP contribution in [0.2, 0.25) is 0 Å². The molecular formula is C16H28N4O2S. The van der Waals surface area contributed by atoms with Gasteiger partial charge in [-0.1, -0.05) is 38.1 Å². The Kier molecular flexibility index (Phi) is 7.39. The number of amides is 1. The van der Waals surface area contributed by atoms with Crippen molar-refractivity contribution in [3.8, 4) is 0 Å². The van der Waals surface area contributed by atoms with Gasteiger partial charge in [0.15, 0.2) is 0 Å². The fourth-order valence-electron chi connectivity index (χ4n) is 3.23. The second kappa shape index (κ2) is 9.30. The van der Waals surface area contributed by atoms with E-state index in [0.29, 0.717) is 23.4 Å². The predicted molar refractivity (Wildman–Crippen MR) is 91.9 cm³/mol. The molecule has 2 rings (SSSR count). The summed E-state index contributed by atoms with van der Waals surface area (Å²) < 4.78 is 9.37. The van der Waals surface area contributed by atoms with Crippen molar-refractivity contribution in [1.82, 2.24) is 19.8 Å². The number of aromatic nitrogens is 2. The second-order valence-electron chi connectivity index (χ2n) is 5.90. The van der Waals surface area contributed by atoms with Gasteiger partial charge in [0, 0.05) is 25.7 Å². The zero-order chi connectivity index (χ0) is 16.7. The SMILES string of the molecule is CCc1nnsc1C(=O)NCC(C(CC)CC)N1CCOCC1. The summed E-state index contributed by atoms with van der Waals surface area (Å²) in [4.78, 5) is 15.6. The van der Waals surface area contributed by atoms with Crippen LogP contribution in [-0.4, -0.2) is 59.3 Å². The number of nitrogens with one attached hydrogen (secondary N) is 1. The van der Waals surface area contributed by atoms with Gasteiger partial charge < -0.3 is 10.1 Å². The summed E-state index contributed by atoms with van der Waals surface area (Å²) in [5.41, 5.74) is 0.790. The number of rotatable bonds is 8. The first-order valence-electron chi connectivity index (χ1n) is 8.62. The average Bonchev–Trinajstić information content (AvgIpc) is 3.08. The van der Waals surface area contributed by atoms with Crippen molar-refractivity contribution in [2.75, 3.05) is 32.8 Å². The van der Waals surface area contributed by atoms with E-state index < -0.39 is 0 Å². The molecule has 0 aliphatic carbocycles. The molecular weight excluding hydrogens is 312 g/mol. The number of nitrogens with zero attached hydrogens (tertiary/aromatic N) is 3. The molecule has 23 heavy (non-hydrogen) atoms. The first kappa shape index (κ1) is 18.3. The number of hydrogen-bond acceptors (Lipinski definition) is 6. The van der Waals surface area contributed by atoms with E-state index >= 15 is 0 Å². The standard InChI is InChI=1S/C16H28N4O2S/c1-4-12(5-2)14(20-7-9-22-10-8-20)11-17-16(21)15-13(6-3)18-19-23-15/h12,14H,4-11H2,1-3H3,(H,17,21). The normalized spacial score (nSPS) is 17.4. The highest BCUT2D eigenvalue weighted by Crippen LogP contribution is 2.20. The van der Waals surface area contributed by atoms with E-state index in [1.54, 1.807) is 0 Å². The smallest absolute Gasteiger partial charge is 0.265 e. The molecule has 1 aliphatic heterocycles. The van der Waals surface area contributed by atoms with Crippen LogP contribution in [0, 0.1) is 5.92 Å². The maximum absolute atomic E-state index is 12.4. The molecule has 1 aromatic rings. The van der Waals surface area contributed by atoms with Crippen molar-refractivity contribution in [1.29, 1.82) is 0 Å². The van der Waals surface area contributed by atoms with Crippen LogP contribution in [0.4, 0.5) is 0 Å². The van der Waals surface area contributed by atoms with E-state index in [1.165, 1.54) is 11.5 Å². The Morgan fingerprint density at radius 2 is 2.00 bits per heavy atom. The minimum atomic E-state index is -0.0407. The predicted octanol–water partition coefficient (Wildman–Crippen LogP) is 1.97.